The number of hydrogen-bond acceptors (Lipinski definition) is 3. The Morgan fingerprint density at radius 3 is 2.25 bits per heavy atom. The van der Waals surface area contributed by atoms with E-state index in [0.29, 0.717) is 12.8 Å². The second-order valence-corrected chi connectivity index (χ2v) is 4.94. The van der Waals surface area contributed by atoms with E-state index >= 15 is 0 Å². The molecule has 20 heavy (non-hydrogen) atoms. The molecule has 1 aromatic rings. The van der Waals surface area contributed by atoms with Crippen LogP contribution in [0.15, 0.2) is 24.3 Å². The van der Waals surface area contributed by atoms with E-state index in [1.807, 2.05) is 24.3 Å². The van der Waals surface area contributed by atoms with Crippen molar-refractivity contribution in [1.29, 1.82) is 0 Å². The molecule has 0 aromatic heterocycles. The average Bonchev–Trinajstić information content (AvgIpc) is 2.81. The second kappa shape index (κ2) is 5.73. The molecule has 0 fully saturated rings. The van der Waals surface area contributed by atoms with Crippen molar-refractivity contribution >= 4 is 17.8 Å². The van der Waals surface area contributed by atoms with E-state index in [9.17, 15) is 14.4 Å². The van der Waals surface area contributed by atoms with E-state index in [4.69, 9.17) is 10.8 Å². The zero-order chi connectivity index (χ0) is 14.7. The summed E-state index contributed by atoms with van der Waals surface area (Å²) in [6, 6.07) is 6.48. The van der Waals surface area contributed by atoms with E-state index < -0.39 is 24.3 Å². The fraction of sp³-hybridized carbons (Fsp3) is 0.357. The van der Waals surface area contributed by atoms with E-state index in [1.165, 1.54) is 0 Å². The van der Waals surface area contributed by atoms with Gasteiger partial charge in [0, 0.05) is 5.92 Å². The van der Waals surface area contributed by atoms with Crippen LogP contribution >= 0.6 is 0 Å². The normalized spacial score (nSPS) is 15.4. The van der Waals surface area contributed by atoms with Crippen LogP contribution < -0.4 is 11.1 Å². The number of benzene rings is 1. The summed E-state index contributed by atoms with van der Waals surface area (Å²) in [6.07, 6.45) is 0.774. The zero-order valence-corrected chi connectivity index (χ0v) is 10.8. The summed E-state index contributed by atoms with van der Waals surface area (Å²) in [5, 5.41) is 11.4. The number of carboxylic acids is 1. The molecule has 1 aromatic carbocycles. The van der Waals surface area contributed by atoms with Crippen molar-refractivity contribution in [3.05, 3.63) is 35.4 Å². The molecule has 4 N–H and O–H groups in total. The standard InChI is InChI=1S/C14H16N2O4/c15-12(17)7-11(14(19)20)16-13(18)10-5-8-3-1-2-4-9(8)6-10/h1-4,10-11H,5-7H2,(H2,15,17)(H,16,18)(H,19,20). The van der Waals surface area contributed by atoms with Gasteiger partial charge in [-0.25, -0.2) is 4.79 Å². The van der Waals surface area contributed by atoms with Gasteiger partial charge in [-0.05, 0) is 24.0 Å². The highest BCUT2D eigenvalue weighted by Gasteiger charge is 2.30. The third-order valence-electron chi connectivity index (χ3n) is 3.44. The summed E-state index contributed by atoms with van der Waals surface area (Å²) in [7, 11) is 0. The first-order valence-corrected chi connectivity index (χ1v) is 6.35. The van der Waals surface area contributed by atoms with Gasteiger partial charge in [-0.3, -0.25) is 9.59 Å². The summed E-state index contributed by atoms with van der Waals surface area (Å²) in [6.45, 7) is 0. The molecular weight excluding hydrogens is 260 g/mol. The number of fused-ring (bicyclic) bond motifs is 1. The summed E-state index contributed by atoms with van der Waals surface area (Å²) < 4.78 is 0. The maximum Gasteiger partial charge on any atom is 0.326 e. The SMILES string of the molecule is NC(=O)CC(NC(=O)C1Cc2ccccc2C1)C(=O)O. The number of hydrogen-bond donors (Lipinski definition) is 3. The lowest BCUT2D eigenvalue weighted by molar-refractivity contribution is -0.143. The molecule has 1 aliphatic rings. The Balaban J connectivity index is 1.99. The lowest BCUT2D eigenvalue weighted by Gasteiger charge is -2.16. The van der Waals surface area contributed by atoms with Crippen molar-refractivity contribution in [2.45, 2.75) is 25.3 Å². The third kappa shape index (κ3) is 3.14. The molecule has 1 aliphatic carbocycles. The Bertz CT molecular complexity index is 531. The lowest BCUT2D eigenvalue weighted by atomic mass is 10.0. The van der Waals surface area contributed by atoms with Crippen molar-refractivity contribution in [2.24, 2.45) is 11.7 Å². The van der Waals surface area contributed by atoms with E-state index in [-0.39, 0.29) is 11.8 Å². The maximum atomic E-state index is 12.1. The minimum absolute atomic E-state index is 0.290. The van der Waals surface area contributed by atoms with Crippen LogP contribution in [0, 0.1) is 5.92 Å². The highest BCUT2D eigenvalue weighted by Crippen LogP contribution is 2.26. The highest BCUT2D eigenvalue weighted by molar-refractivity contribution is 5.89. The zero-order valence-electron chi connectivity index (χ0n) is 10.8. The number of rotatable bonds is 5. The predicted octanol–water partition coefficient (Wildman–Crippen LogP) is -0.154. The van der Waals surface area contributed by atoms with Crippen LogP contribution in [0.25, 0.3) is 0 Å². The van der Waals surface area contributed by atoms with E-state index in [0.717, 1.165) is 11.1 Å². The van der Waals surface area contributed by atoms with Crippen molar-refractivity contribution in [1.82, 2.24) is 5.32 Å². The van der Waals surface area contributed by atoms with Gasteiger partial charge in [0.15, 0.2) is 0 Å². The molecule has 2 amide bonds. The van der Waals surface area contributed by atoms with Crippen molar-refractivity contribution in [3.63, 3.8) is 0 Å². The number of amides is 2. The predicted molar refractivity (Wildman–Crippen MR) is 70.7 cm³/mol. The molecule has 0 saturated carbocycles. The Labute approximate surface area is 116 Å². The van der Waals surface area contributed by atoms with Gasteiger partial charge in [0.05, 0.1) is 6.42 Å². The Hall–Kier alpha value is -2.37. The molecule has 0 spiro atoms. The van der Waals surface area contributed by atoms with Gasteiger partial charge in [0.25, 0.3) is 0 Å². The number of carboxylic acid groups (broad SMARTS) is 1. The van der Waals surface area contributed by atoms with Gasteiger partial charge in [-0.2, -0.15) is 0 Å². The van der Waals surface area contributed by atoms with Crippen LogP contribution in [0.3, 0.4) is 0 Å². The molecular formula is C14H16N2O4. The molecule has 6 heteroatoms. The van der Waals surface area contributed by atoms with E-state index in [1.54, 1.807) is 0 Å². The fourth-order valence-electron chi connectivity index (χ4n) is 2.44. The lowest BCUT2D eigenvalue weighted by Crippen LogP contribution is -2.45. The van der Waals surface area contributed by atoms with Gasteiger partial charge < -0.3 is 16.2 Å². The quantitative estimate of drug-likeness (QED) is 0.694. The van der Waals surface area contributed by atoms with Gasteiger partial charge in [0.1, 0.15) is 6.04 Å². The Morgan fingerprint density at radius 1 is 1.25 bits per heavy atom. The topological polar surface area (TPSA) is 109 Å². The summed E-state index contributed by atoms with van der Waals surface area (Å²) >= 11 is 0. The monoisotopic (exact) mass is 276 g/mol. The molecule has 1 atom stereocenters. The van der Waals surface area contributed by atoms with Gasteiger partial charge in [0.2, 0.25) is 11.8 Å². The summed E-state index contributed by atoms with van der Waals surface area (Å²) in [5.41, 5.74) is 7.19. The molecule has 0 bridgehead atoms. The van der Waals surface area contributed by atoms with Crippen LogP contribution in [-0.4, -0.2) is 28.9 Å². The minimum atomic E-state index is -1.26. The Morgan fingerprint density at radius 2 is 1.80 bits per heavy atom. The second-order valence-electron chi connectivity index (χ2n) is 4.94. The fourth-order valence-corrected chi connectivity index (χ4v) is 2.44. The van der Waals surface area contributed by atoms with Crippen molar-refractivity contribution < 1.29 is 19.5 Å². The van der Waals surface area contributed by atoms with Gasteiger partial charge >= 0.3 is 5.97 Å². The van der Waals surface area contributed by atoms with Crippen LogP contribution in [-0.2, 0) is 27.2 Å². The number of carbonyl (C=O) groups is 3. The summed E-state index contributed by atoms with van der Waals surface area (Å²) in [5.74, 6) is -2.66. The van der Waals surface area contributed by atoms with Crippen LogP contribution in [0.2, 0.25) is 0 Å². The van der Waals surface area contributed by atoms with Crippen molar-refractivity contribution in [2.75, 3.05) is 0 Å². The first-order valence-electron chi connectivity index (χ1n) is 6.35. The molecule has 6 nitrogen and oxygen atoms in total. The largest absolute Gasteiger partial charge is 0.480 e. The van der Waals surface area contributed by atoms with Crippen LogP contribution in [0.5, 0.6) is 0 Å². The number of carbonyl (C=O) groups excluding carboxylic acids is 2. The summed E-state index contributed by atoms with van der Waals surface area (Å²) in [4.78, 5) is 33.9. The molecule has 106 valence electrons. The number of aliphatic carboxylic acids is 1. The third-order valence-corrected chi connectivity index (χ3v) is 3.44. The van der Waals surface area contributed by atoms with Crippen LogP contribution in [0.1, 0.15) is 17.5 Å². The Kier molecular flexibility index (Phi) is 4.02. The maximum absolute atomic E-state index is 12.1. The molecule has 0 saturated heterocycles. The van der Waals surface area contributed by atoms with Crippen LogP contribution in [0.4, 0.5) is 0 Å². The molecule has 2 rings (SSSR count). The number of primary amides is 1. The number of nitrogens with two attached hydrogens (primary N) is 1. The molecule has 0 heterocycles. The first-order chi connectivity index (χ1) is 9.47. The number of nitrogens with one attached hydrogen (secondary N) is 1. The van der Waals surface area contributed by atoms with E-state index in [2.05, 4.69) is 5.32 Å². The molecule has 1 unspecified atom stereocenters. The highest BCUT2D eigenvalue weighted by atomic mass is 16.4. The van der Waals surface area contributed by atoms with Gasteiger partial charge in [-0.15, -0.1) is 0 Å². The molecule has 0 radical (unpaired) electrons. The van der Waals surface area contributed by atoms with Gasteiger partial charge in [-0.1, -0.05) is 24.3 Å². The van der Waals surface area contributed by atoms with Crippen molar-refractivity contribution in [3.8, 4) is 0 Å². The first kappa shape index (κ1) is 14.0. The smallest absolute Gasteiger partial charge is 0.326 e. The minimum Gasteiger partial charge on any atom is -0.480 e. The average molecular weight is 276 g/mol. The molecule has 0 aliphatic heterocycles.